The lowest BCUT2D eigenvalue weighted by Gasteiger charge is -2.22. The number of nitrogens with zero attached hydrogens (tertiary/aromatic N) is 2. The predicted octanol–water partition coefficient (Wildman–Crippen LogP) is 4.66. The van der Waals surface area contributed by atoms with Crippen molar-refractivity contribution in [3.8, 4) is 0 Å². The van der Waals surface area contributed by atoms with E-state index in [0.717, 1.165) is 20.9 Å². The summed E-state index contributed by atoms with van der Waals surface area (Å²) in [6.45, 7) is 2.57. The highest BCUT2D eigenvalue weighted by Gasteiger charge is 2.18. The van der Waals surface area contributed by atoms with Gasteiger partial charge in [0.2, 0.25) is 0 Å². The summed E-state index contributed by atoms with van der Waals surface area (Å²) in [6.07, 6.45) is 3.27. The van der Waals surface area contributed by atoms with E-state index in [2.05, 4.69) is 33.0 Å². The van der Waals surface area contributed by atoms with Crippen molar-refractivity contribution >= 4 is 38.3 Å². The Morgan fingerprint density at radius 2 is 1.91 bits per heavy atom. The summed E-state index contributed by atoms with van der Waals surface area (Å²) in [5.74, 6) is -0.0485. The molecule has 0 saturated carbocycles. The van der Waals surface area contributed by atoms with Gasteiger partial charge in [0, 0.05) is 28.8 Å². The summed E-state index contributed by atoms with van der Waals surface area (Å²) in [4.78, 5) is 18.7. The molecule has 0 N–H and O–H groups in total. The van der Waals surface area contributed by atoms with Gasteiger partial charge in [-0.25, -0.2) is 0 Å². The smallest absolute Gasteiger partial charge is 0.259 e. The topological polar surface area (TPSA) is 33.2 Å². The van der Waals surface area contributed by atoms with Crippen LogP contribution in [0.5, 0.6) is 0 Å². The maximum absolute atomic E-state index is 12.8. The molecule has 0 atom stereocenters. The Hall–Kier alpha value is -2.20. The van der Waals surface area contributed by atoms with Crippen LogP contribution in [0.4, 0.5) is 5.69 Å². The molecule has 0 aliphatic rings. The van der Waals surface area contributed by atoms with Crippen LogP contribution in [0.1, 0.15) is 17.3 Å². The van der Waals surface area contributed by atoms with Crippen LogP contribution in [-0.2, 0) is 0 Å². The second-order valence-electron chi connectivity index (χ2n) is 4.94. The lowest BCUT2D eigenvalue weighted by atomic mass is 10.1. The molecule has 22 heavy (non-hydrogen) atoms. The second kappa shape index (κ2) is 6.28. The largest absolute Gasteiger partial charge is 0.308 e. The van der Waals surface area contributed by atoms with E-state index in [9.17, 15) is 4.79 Å². The molecule has 1 amide bonds. The minimum atomic E-state index is -0.0485. The third-order valence-electron chi connectivity index (χ3n) is 3.57. The van der Waals surface area contributed by atoms with E-state index in [4.69, 9.17) is 0 Å². The van der Waals surface area contributed by atoms with E-state index in [1.54, 1.807) is 23.4 Å². The third kappa shape index (κ3) is 2.74. The molecule has 0 bridgehead atoms. The highest BCUT2D eigenvalue weighted by Crippen LogP contribution is 2.28. The molecule has 110 valence electrons. The summed E-state index contributed by atoms with van der Waals surface area (Å²) < 4.78 is 0.798. The van der Waals surface area contributed by atoms with Gasteiger partial charge >= 0.3 is 0 Å². The molecular formula is C18H15BrN2O. The van der Waals surface area contributed by atoms with Crippen molar-refractivity contribution in [1.82, 2.24) is 4.98 Å². The Labute approximate surface area is 137 Å². The summed E-state index contributed by atoms with van der Waals surface area (Å²) in [5.41, 5.74) is 1.50. The molecule has 1 aromatic heterocycles. The van der Waals surface area contributed by atoms with E-state index < -0.39 is 0 Å². The van der Waals surface area contributed by atoms with Gasteiger partial charge in [0.25, 0.3) is 5.91 Å². The first-order valence-corrected chi connectivity index (χ1v) is 7.90. The minimum absolute atomic E-state index is 0.0485. The molecule has 3 aromatic rings. The zero-order chi connectivity index (χ0) is 15.5. The number of carbonyl (C=O) groups excluding carboxylic acids is 1. The number of amides is 1. The van der Waals surface area contributed by atoms with Gasteiger partial charge in [-0.15, -0.1) is 0 Å². The Balaban J connectivity index is 2.08. The van der Waals surface area contributed by atoms with Crippen LogP contribution in [-0.4, -0.2) is 17.4 Å². The predicted molar refractivity (Wildman–Crippen MR) is 93.2 cm³/mol. The zero-order valence-electron chi connectivity index (χ0n) is 12.2. The Kier molecular flexibility index (Phi) is 4.20. The summed E-state index contributed by atoms with van der Waals surface area (Å²) in [6, 6.07) is 15.9. The van der Waals surface area contributed by atoms with Crippen LogP contribution in [0.15, 0.2) is 65.4 Å². The fourth-order valence-corrected chi connectivity index (χ4v) is 2.92. The van der Waals surface area contributed by atoms with Crippen LogP contribution >= 0.6 is 15.9 Å². The number of halogens is 1. The number of carbonyl (C=O) groups is 1. The first kappa shape index (κ1) is 14.7. The average Bonchev–Trinajstić information content (AvgIpc) is 2.55. The van der Waals surface area contributed by atoms with Crippen LogP contribution < -0.4 is 4.90 Å². The molecular weight excluding hydrogens is 340 g/mol. The second-order valence-corrected chi connectivity index (χ2v) is 5.86. The van der Waals surface area contributed by atoms with Crippen molar-refractivity contribution in [2.45, 2.75) is 6.92 Å². The fourth-order valence-electron chi connectivity index (χ4n) is 2.55. The standard InChI is InChI=1S/C18H15BrN2O/c1-2-21(18(22)14-10-15(19)12-20-11-14)17-9-5-7-13-6-3-4-8-16(13)17/h3-12H,2H2,1H3. The fraction of sp³-hybridized carbons (Fsp3) is 0.111. The van der Waals surface area contributed by atoms with Crippen molar-refractivity contribution in [2.75, 3.05) is 11.4 Å². The van der Waals surface area contributed by atoms with Gasteiger partial charge in [0.15, 0.2) is 0 Å². The van der Waals surface area contributed by atoms with Crippen LogP contribution in [0.3, 0.4) is 0 Å². The number of hydrogen-bond acceptors (Lipinski definition) is 2. The third-order valence-corrected chi connectivity index (χ3v) is 4.00. The van der Waals surface area contributed by atoms with Gasteiger partial charge in [-0.1, -0.05) is 36.4 Å². The summed E-state index contributed by atoms with van der Waals surface area (Å²) in [5, 5.41) is 2.20. The van der Waals surface area contributed by atoms with E-state index in [-0.39, 0.29) is 5.91 Å². The van der Waals surface area contributed by atoms with Gasteiger partial charge in [0.1, 0.15) is 0 Å². The summed E-state index contributed by atoms with van der Waals surface area (Å²) in [7, 11) is 0. The van der Waals surface area contributed by atoms with Gasteiger partial charge in [-0.3, -0.25) is 9.78 Å². The zero-order valence-corrected chi connectivity index (χ0v) is 13.7. The molecule has 2 aromatic carbocycles. The number of aromatic nitrogens is 1. The number of benzene rings is 2. The Morgan fingerprint density at radius 1 is 1.14 bits per heavy atom. The molecule has 0 aliphatic heterocycles. The van der Waals surface area contributed by atoms with Crippen LogP contribution in [0, 0.1) is 0 Å². The van der Waals surface area contributed by atoms with Gasteiger partial charge in [0.05, 0.1) is 11.3 Å². The van der Waals surface area contributed by atoms with Crippen molar-refractivity contribution in [1.29, 1.82) is 0 Å². The molecule has 0 saturated heterocycles. The first-order chi connectivity index (χ1) is 10.7. The quantitative estimate of drug-likeness (QED) is 0.684. The lowest BCUT2D eigenvalue weighted by molar-refractivity contribution is 0.0988. The van der Waals surface area contributed by atoms with Crippen LogP contribution in [0.2, 0.25) is 0 Å². The normalized spacial score (nSPS) is 10.6. The van der Waals surface area contributed by atoms with E-state index in [1.165, 1.54) is 0 Å². The monoisotopic (exact) mass is 354 g/mol. The molecule has 3 nitrogen and oxygen atoms in total. The maximum Gasteiger partial charge on any atom is 0.259 e. The highest BCUT2D eigenvalue weighted by molar-refractivity contribution is 9.10. The summed E-state index contributed by atoms with van der Waals surface area (Å²) >= 11 is 3.36. The minimum Gasteiger partial charge on any atom is -0.308 e. The van der Waals surface area contributed by atoms with Crippen molar-refractivity contribution in [2.24, 2.45) is 0 Å². The van der Waals surface area contributed by atoms with Gasteiger partial charge < -0.3 is 4.90 Å². The number of anilines is 1. The molecule has 3 rings (SSSR count). The number of fused-ring (bicyclic) bond motifs is 1. The molecule has 0 fully saturated rings. The maximum atomic E-state index is 12.8. The molecule has 0 spiro atoms. The SMILES string of the molecule is CCN(C(=O)c1cncc(Br)c1)c1cccc2ccccc12. The van der Waals surface area contributed by atoms with E-state index in [0.29, 0.717) is 12.1 Å². The van der Waals surface area contributed by atoms with Crippen LogP contribution in [0.25, 0.3) is 10.8 Å². The molecule has 4 heteroatoms. The number of rotatable bonds is 3. The van der Waals surface area contributed by atoms with Gasteiger partial charge in [-0.05, 0) is 40.4 Å². The van der Waals surface area contributed by atoms with Crippen molar-refractivity contribution in [3.63, 3.8) is 0 Å². The lowest BCUT2D eigenvalue weighted by Crippen LogP contribution is -2.30. The Bertz CT molecular complexity index is 827. The molecule has 0 aliphatic carbocycles. The van der Waals surface area contributed by atoms with Gasteiger partial charge in [-0.2, -0.15) is 0 Å². The highest BCUT2D eigenvalue weighted by atomic mass is 79.9. The van der Waals surface area contributed by atoms with Crippen molar-refractivity contribution < 1.29 is 4.79 Å². The number of hydrogen-bond donors (Lipinski definition) is 0. The molecule has 0 radical (unpaired) electrons. The average molecular weight is 355 g/mol. The van der Waals surface area contributed by atoms with E-state index in [1.807, 2.05) is 37.3 Å². The number of pyridine rings is 1. The van der Waals surface area contributed by atoms with E-state index >= 15 is 0 Å². The molecule has 1 heterocycles. The first-order valence-electron chi connectivity index (χ1n) is 7.11. The molecule has 0 unspecified atom stereocenters. The Morgan fingerprint density at radius 3 is 2.68 bits per heavy atom. The van der Waals surface area contributed by atoms with Crippen molar-refractivity contribution in [3.05, 3.63) is 71.0 Å².